The SMILES string of the molecule is C=CC(C)N1CCCNC(C)C1. The van der Waals surface area contributed by atoms with E-state index < -0.39 is 0 Å². The zero-order valence-corrected chi connectivity index (χ0v) is 8.21. The Balaban J connectivity index is 2.45. The second kappa shape index (κ2) is 4.63. The molecule has 1 heterocycles. The summed E-state index contributed by atoms with van der Waals surface area (Å²) in [5, 5.41) is 3.48. The van der Waals surface area contributed by atoms with Crippen molar-refractivity contribution in [2.75, 3.05) is 19.6 Å². The lowest BCUT2D eigenvalue weighted by Crippen LogP contribution is -2.39. The number of rotatable bonds is 2. The van der Waals surface area contributed by atoms with Crippen LogP contribution in [-0.4, -0.2) is 36.6 Å². The molecule has 1 rings (SSSR count). The van der Waals surface area contributed by atoms with Crippen LogP contribution in [0.25, 0.3) is 0 Å². The standard InChI is InChI=1S/C10H20N2/c1-4-10(3)12-7-5-6-11-9(2)8-12/h4,9-11H,1,5-8H2,2-3H3. The van der Waals surface area contributed by atoms with Crippen LogP contribution in [0.15, 0.2) is 12.7 Å². The van der Waals surface area contributed by atoms with E-state index in [1.165, 1.54) is 13.0 Å². The highest BCUT2D eigenvalue weighted by molar-refractivity contribution is 4.86. The second-order valence-electron chi connectivity index (χ2n) is 3.68. The van der Waals surface area contributed by atoms with Crippen molar-refractivity contribution in [2.24, 2.45) is 0 Å². The zero-order chi connectivity index (χ0) is 8.97. The molecule has 0 aromatic heterocycles. The Kier molecular flexibility index (Phi) is 3.76. The molecule has 1 fully saturated rings. The van der Waals surface area contributed by atoms with Gasteiger partial charge in [-0.15, -0.1) is 6.58 Å². The van der Waals surface area contributed by atoms with Crippen molar-refractivity contribution in [3.05, 3.63) is 12.7 Å². The van der Waals surface area contributed by atoms with Crippen molar-refractivity contribution in [1.29, 1.82) is 0 Å². The molecule has 0 aromatic rings. The van der Waals surface area contributed by atoms with E-state index in [4.69, 9.17) is 0 Å². The Morgan fingerprint density at radius 1 is 1.67 bits per heavy atom. The summed E-state index contributed by atoms with van der Waals surface area (Å²) in [5.41, 5.74) is 0. The molecule has 2 nitrogen and oxygen atoms in total. The molecule has 0 saturated carbocycles. The molecule has 1 aliphatic heterocycles. The summed E-state index contributed by atoms with van der Waals surface area (Å²) in [6.07, 6.45) is 3.28. The fourth-order valence-electron chi connectivity index (χ4n) is 1.66. The van der Waals surface area contributed by atoms with Crippen molar-refractivity contribution >= 4 is 0 Å². The topological polar surface area (TPSA) is 15.3 Å². The van der Waals surface area contributed by atoms with Crippen molar-refractivity contribution in [3.63, 3.8) is 0 Å². The molecule has 2 unspecified atom stereocenters. The van der Waals surface area contributed by atoms with Gasteiger partial charge in [-0.05, 0) is 33.4 Å². The molecular formula is C10H20N2. The van der Waals surface area contributed by atoms with Crippen LogP contribution >= 0.6 is 0 Å². The first kappa shape index (κ1) is 9.75. The first-order valence-corrected chi connectivity index (χ1v) is 4.84. The summed E-state index contributed by atoms with van der Waals surface area (Å²) in [4.78, 5) is 2.48. The molecule has 12 heavy (non-hydrogen) atoms. The highest BCUT2D eigenvalue weighted by Crippen LogP contribution is 2.05. The van der Waals surface area contributed by atoms with Gasteiger partial charge in [-0.2, -0.15) is 0 Å². The van der Waals surface area contributed by atoms with Crippen LogP contribution in [0.3, 0.4) is 0 Å². The maximum Gasteiger partial charge on any atom is 0.0247 e. The molecule has 1 N–H and O–H groups in total. The molecule has 0 aromatic carbocycles. The molecule has 0 amide bonds. The highest BCUT2D eigenvalue weighted by Gasteiger charge is 2.16. The third-order valence-electron chi connectivity index (χ3n) is 2.54. The minimum atomic E-state index is 0.521. The average Bonchev–Trinajstić information content (AvgIpc) is 2.28. The first-order chi connectivity index (χ1) is 5.74. The Morgan fingerprint density at radius 3 is 3.08 bits per heavy atom. The Labute approximate surface area is 75.6 Å². The second-order valence-corrected chi connectivity index (χ2v) is 3.68. The lowest BCUT2D eigenvalue weighted by Gasteiger charge is -2.26. The van der Waals surface area contributed by atoms with Gasteiger partial charge < -0.3 is 5.32 Å². The van der Waals surface area contributed by atoms with Gasteiger partial charge in [0.1, 0.15) is 0 Å². The van der Waals surface area contributed by atoms with Crippen LogP contribution in [0, 0.1) is 0 Å². The van der Waals surface area contributed by atoms with Gasteiger partial charge in [-0.25, -0.2) is 0 Å². The van der Waals surface area contributed by atoms with Crippen LogP contribution in [0.2, 0.25) is 0 Å². The number of hydrogen-bond acceptors (Lipinski definition) is 2. The van der Waals surface area contributed by atoms with Gasteiger partial charge in [0.05, 0.1) is 0 Å². The lowest BCUT2D eigenvalue weighted by atomic mass is 10.2. The fraction of sp³-hybridized carbons (Fsp3) is 0.800. The van der Waals surface area contributed by atoms with Crippen molar-refractivity contribution in [1.82, 2.24) is 10.2 Å². The lowest BCUT2D eigenvalue weighted by molar-refractivity contribution is 0.241. The Bertz CT molecular complexity index is 145. The van der Waals surface area contributed by atoms with E-state index in [2.05, 4.69) is 30.6 Å². The maximum atomic E-state index is 3.83. The summed E-state index contributed by atoms with van der Waals surface area (Å²) in [7, 11) is 0. The van der Waals surface area contributed by atoms with E-state index in [0.717, 1.165) is 13.1 Å². The van der Waals surface area contributed by atoms with Gasteiger partial charge >= 0.3 is 0 Å². The minimum absolute atomic E-state index is 0.521. The largest absolute Gasteiger partial charge is 0.313 e. The fourth-order valence-corrected chi connectivity index (χ4v) is 1.66. The highest BCUT2D eigenvalue weighted by atomic mass is 15.2. The Hall–Kier alpha value is -0.340. The van der Waals surface area contributed by atoms with Gasteiger partial charge in [0.25, 0.3) is 0 Å². The van der Waals surface area contributed by atoms with Crippen LogP contribution in [0.5, 0.6) is 0 Å². The predicted molar refractivity (Wildman–Crippen MR) is 53.3 cm³/mol. The predicted octanol–water partition coefficient (Wildman–Crippen LogP) is 1.24. The maximum absolute atomic E-state index is 3.83. The van der Waals surface area contributed by atoms with Crippen molar-refractivity contribution in [3.8, 4) is 0 Å². The molecule has 2 atom stereocenters. The number of nitrogens with one attached hydrogen (secondary N) is 1. The molecule has 0 aliphatic carbocycles. The van der Waals surface area contributed by atoms with Crippen molar-refractivity contribution in [2.45, 2.75) is 32.4 Å². The molecular weight excluding hydrogens is 148 g/mol. The summed E-state index contributed by atoms with van der Waals surface area (Å²) in [5.74, 6) is 0. The van der Waals surface area contributed by atoms with E-state index in [1.807, 2.05) is 6.08 Å². The van der Waals surface area contributed by atoms with E-state index in [-0.39, 0.29) is 0 Å². The minimum Gasteiger partial charge on any atom is -0.313 e. The van der Waals surface area contributed by atoms with Gasteiger partial charge in [-0.1, -0.05) is 6.08 Å². The van der Waals surface area contributed by atoms with E-state index >= 15 is 0 Å². The van der Waals surface area contributed by atoms with Crippen LogP contribution < -0.4 is 5.32 Å². The molecule has 2 heteroatoms. The Morgan fingerprint density at radius 2 is 2.42 bits per heavy atom. The number of nitrogens with zero attached hydrogens (tertiary/aromatic N) is 1. The van der Waals surface area contributed by atoms with Crippen molar-refractivity contribution < 1.29 is 0 Å². The quantitative estimate of drug-likeness (QED) is 0.624. The summed E-state index contributed by atoms with van der Waals surface area (Å²) < 4.78 is 0. The molecule has 0 bridgehead atoms. The molecule has 0 radical (unpaired) electrons. The summed E-state index contributed by atoms with van der Waals surface area (Å²) in [6, 6.07) is 1.14. The molecule has 1 saturated heterocycles. The van der Waals surface area contributed by atoms with Gasteiger partial charge in [-0.3, -0.25) is 4.90 Å². The van der Waals surface area contributed by atoms with Gasteiger partial charge in [0, 0.05) is 18.6 Å². The first-order valence-electron chi connectivity index (χ1n) is 4.84. The third-order valence-corrected chi connectivity index (χ3v) is 2.54. The van der Waals surface area contributed by atoms with E-state index in [0.29, 0.717) is 12.1 Å². The molecule has 0 spiro atoms. The molecule has 1 aliphatic rings. The smallest absolute Gasteiger partial charge is 0.0247 e. The van der Waals surface area contributed by atoms with Crippen LogP contribution in [0.4, 0.5) is 0 Å². The summed E-state index contributed by atoms with van der Waals surface area (Å²) >= 11 is 0. The van der Waals surface area contributed by atoms with Gasteiger partial charge in [0.15, 0.2) is 0 Å². The average molecular weight is 168 g/mol. The summed E-state index contributed by atoms with van der Waals surface area (Å²) in [6.45, 7) is 11.8. The van der Waals surface area contributed by atoms with Crippen LogP contribution in [-0.2, 0) is 0 Å². The van der Waals surface area contributed by atoms with E-state index in [1.54, 1.807) is 0 Å². The normalized spacial score (nSPS) is 29.3. The van der Waals surface area contributed by atoms with Gasteiger partial charge in [0.2, 0.25) is 0 Å². The zero-order valence-electron chi connectivity index (χ0n) is 8.21. The third kappa shape index (κ3) is 2.61. The van der Waals surface area contributed by atoms with Crippen LogP contribution in [0.1, 0.15) is 20.3 Å². The van der Waals surface area contributed by atoms with E-state index in [9.17, 15) is 0 Å². The molecule has 70 valence electrons. The monoisotopic (exact) mass is 168 g/mol. The number of hydrogen-bond donors (Lipinski definition) is 1.